The number of carbonyl (C=O) groups is 4. The lowest BCUT2D eigenvalue weighted by Crippen LogP contribution is -2.17. The molecule has 52 heavy (non-hydrogen) atoms. The minimum absolute atomic E-state index is 0.0684. The van der Waals surface area contributed by atoms with Crippen LogP contribution in [0.2, 0.25) is 0 Å². The Hall–Kier alpha value is -4.66. The van der Waals surface area contributed by atoms with Crippen LogP contribution in [0.1, 0.15) is 147 Å². The molecule has 0 saturated heterocycles. The van der Waals surface area contributed by atoms with Gasteiger partial charge in [-0.3, -0.25) is 9.59 Å². The zero-order valence-electron chi connectivity index (χ0n) is 31.3. The van der Waals surface area contributed by atoms with Crippen molar-refractivity contribution in [1.82, 2.24) is 0 Å². The lowest BCUT2D eigenvalue weighted by atomic mass is 10.0. The highest BCUT2D eigenvalue weighted by atomic mass is 16.5. The molecule has 0 heterocycles. The van der Waals surface area contributed by atoms with Crippen LogP contribution in [0, 0.1) is 0 Å². The molecule has 3 aromatic carbocycles. The van der Waals surface area contributed by atoms with Gasteiger partial charge in [0.2, 0.25) is 5.91 Å². The van der Waals surface area contributed by atoms with Gasteiger partial charge in [0.25, 0.3) is 0 Å². The third-order valence-corrected chi connectivity index (χ3v) is 8.94. The number of Topliss-reactive ketones (excluding diaryl/α,β-unsaturated/α-hetero) is 1. The fraction of sp³-hybridized carbons (Fsp3) is 0.488. The van der Waals surface area contributed by atoms with Gasteiger partial charge in [0.15, 0.2) is 5.78 Å². The van der Waals surface area contributed by atoms with Crippen LogP contribution in [0.15, 0.2) is 66.7 Å². The summed E-state index contributed by atoms with van der Waals surface area (Å²) in [4.78, 5) is 49.8. The lowest BCUT2D eigenvalue weighted by Gasteiger charge is -2.13. The number of carbonyl (C=O) groups excluding carboxylic acids is 4. The van der Waals surface area contributed by atoms with Crippen LogP contribution in [-0.4, -0.2) is 44.5 Å². The minimum Gasteiger partial charge on any atom is -0.494 e. The van der Waals surface area contributed by atoms with Crippen molar-refractivity contribution in [2.45, 2.75) is 116 Å². The number of anilines is 1. The number of unbranched alkanes of at least 4 members (excludes halogenated alkanes) is 15. The third kappa shape index (κ3) is 15.7. The van der Waals surface area contributed by atoms with E-state index in [1.54, 1.807) is 42.5 Å². The van der Waals surface area contributed by atoms with Crippen molar-refractivity contribution in [3.8, 4) is 17.2 Å². The molecule has 0 fully saturated rings. The van der Waals surface area contributed by atoms with Crippen LogP contribution >= 0.6 is 0 Å². The first kappa shape index (κ1) is 41.8. The van der Waals surface area contributed by atoms with Gasteiger partial charge in [0.05, 0.1) is 32.8 Å². The van der Waals surface area contributed by atoms with Gasteiger partial charge in [0, 0.05) is 11.3 Å². The summed E-state index contributed by atoms with van der Waals surface area (Å²) in [6.45, 7) is 2.90. The lowest BCUT2D eigenvalue weighted by molar-refractivity contribution is -0.115. The summed E-state index contributed by atoms with van der Waals surface area (Å²) >= 11 is 0. The molecule has 0 aliphatic rings. The van der Waals surface area contributed by atoms with Gasteiger partial charge in [-0.05, 0) is 73.2 Å². The summed E-state index contributed by atoms with van der Waals surface area (Å²) in [7, 11) is 2.53. The van der Waals surface area contributed by atoms with Crippen LogP contribution in [0.25, 0.3) is 0 Å². The maximum atomic E-state index is 12.8. The van der Waals surface area contributed by atoms with Gasteiger partial charge >= 0.3 is 11.9 Å². The predicted octanol–water partition coefficient (Wildman–Crippen LogP) is 10.9. The van der Waals surface area contributed by atoms with Gasteiger partial charge in [-0.1, -0.05) is 103 Å². The Kier molecular flexibility index (Phi) is 19.7. The Balaban J connectivity index is 1.32. The number of nitrogens with one attached hydrogen (secondary N) is 1. The first-order valence-corrected chi connectivity index (χ1v) is 19.0. The largest absolute Gasteiger partial charge is 0.494 e. The summed E-state index contributed by atoms with van der Waals surface area (Å²) in [6.07, 6.45) is 20.8. The monoisotopic (exact) mass is 715 g/mol. The molecule has 9 nitrogen and oxygen atoms in total. The number of amides is 1. The molecule has 0 saturated carbocycles. The van der Waals surface area contributed by atoms with Crippen molar-refractivity contribution >= 4 is 29.3 Å². The minimum atomic E-state index is -0.675. The number of ketones is 1. The summed E-state index contributed by atoms with van der Waals surface area (Å²) in [5.74, 6) is -0.783. The molecular formula is C43H57NO8. The molecule has 3 rings (SSSR count). The SMILES string of the molecule is CCCCCCCCCCCCCCCCCCOc1ccc(C(=O)CC(=O)Nc2ccc(Oc3ccc(C(=O)OC)cc3)c(C(=O)OC)c2)cc1. The number of hydrogen-bond donors (Lipinski definition) is 1. The highest BCUT2D eigenvalue weighted by Gasteiger charge is 2.18. The van der Waals surface area contributed by atoms with Crippen molar-refractivity contribution in [2.75, 3.05) is 26.1 Å². The van der Waals surface area contributed by atoms with E-state index in [-0.39, 0.29) is 23.5 Å². The van der Waals surface area contributed by atoms with Crippen molar-refractivity contribution in [3.63, 3.8) is 0 Å². The Morgan fingerprint density at radius 3 is 1.60 bits per heavy atom. The van der Waals surface area contributed by atoms with E-state index in [0.717, 1.165) is 12.8 Å². The number of methoxy groups -OCH3 is 2. The zero-order valence-corrected chi connectivity index (χ0v) is 31.3. The van der Waals surface area contributed by atoms with Crippen LogP contribution in [0.3, 0.4) is 0 Å². The summed E-state index contributed by atoms with van der Waals surface area (Å²) < 4.78 is 21.3. The standard InChI is InChI=1S/C43H57NO8/c1-4-5-6-7-8-9-10-11-12-13-14-15-16-17-18-19-30-51-36-25-20-33(21-26-36)39(45)32-41(46)44-35-24-29-40(38(31-35)43(48)50-3)52-37-27-22-34(23-28-37)42(47)49-2/h20-29,31H,4-19,30,32H2,1-3H3,(H,44,46). The number of hydrogen-bond acceptors (Lipinski definition) is 8. The fourth-order valence-corrected chi connectivity index (χ4v) is 5.90. The molecule has 1 amide bonds. The first-order chi connectivity index (χ1) is 25.3. The van der Waals surface area contributed by atoms with E-state index in [4.69, 9.17) is 18.9 Å². The number of benzene rings is 3. The summed E-state index contributed by atoms with van der Waals surface area (Å²) in [5, 5.41) is 2.67. The molecule has 9 heteroatoms. The molecule has 1 N–H and O–H groups in total. The van der Waals surface area contributed by atoms with Crippen LogP contribution in [0.5, 0.6) is 17.2 Å². The summed E-state index contributed by atoms with van der Waals surface area (Å²) in [6, 6.07) is 17.5. The quantitative estimate of drug-likeness (QED) is 0.0378. The maximum Gasteiger partial charge on any atom is 0.341 e. The molecule has 3 aromatic rings. The van der Waals surface area contributed by atoms with Gasteiger partial charge in [-0.2, -0.15) is 0 Å². The van der Waals surface area contributed by atoms with Crippen LogP contribution in [-0.2, 0) is 14.3 Å². The van der Waals surface area contributed by atoms with Crippen molar-refractivity contribution in [3.05, 3.63) is 83.4 Å². The average molecular weight is 716 g/mol. The van der Waals surface area contributed by atoms with E-state index in [9.17, 15) is 19.2 Å². The van der Waals surface area contributed by atoms with Crippen LogP contribution in [0.4, 0.5) is 5.69 Å². The van der Waals surface area contributed by atoms with Crippen molar-refractivity contribution in [2.24, 2.45) is 0 Å². The Labute approximate surface area is 309 Å². The van der Waals surface area contributed by atoms with E-state index in [1.807, 2.05) is 0 Å². The Morgan fingerprint density at radius 1 is 0.558 bits per heavy atom. The molecule has 0 atom stereocenters. The van der Waals surface area contributed by atoms with Crippen molar-refractivity contribution in [1.29, 1.82) is 0 Å². The van der Waals surface area contributed by atoms with Crippen LogP contribution < -0.4 is 14.8 Å². The topological polar surface area (TPSA) is 117 Å². The number of ether oxygens (including phenoxy) is 4. The Bertz CT molecular complexity index is 1520. The molecule has 0 unspecified atom stereocenters. The first-order valence-electron chi connectivity index (χ1n) is 19.0. The second-order valence-corrected chi connectivity index (χ2v) is 13.1. The number of esters is 2. The molecular weight excluding hydrogens is 658 g/mol. The zero-order chi connectivity index (χ0) is 37.4. The van der Waals surface area contributed by atoms with E-state index < -0.39 is 17.8 Å². The predicted molar refractivity (Wildman–Crippen MR) is 205 cm³/mol. The molecule has 0 aromatic heterocycles. The molecule has 0 bridgehead atoms. The smallest absolute Gasteiger partial charge is 0.341 e. The van der Waals surface area contributed by atoms with E-state index in [2.05, 4.69) is 12.2 Å². The molecule has 0 aliphatic heterocycles. The molecule has 0 radical (unpaired) electrons. The third-order valence-electron chi connectivity index (χ3n) is 8.94. The average Bonchev–Trinajstić information content (AvgIpc) is 3.16. The van der Waals surface area contributed by atoms with E-state index in [0.29, 0.717) is 34.9 Å². The van der Waals surface area contributed by atoms with Gasteiger partial charge in [-0.25, -0.2) is 9.59 Å². The number of rotatable bonds is 26. The van der Waals surface area contributed by atoms with E-state index in [1.165, 1.54) is 128 Å². The maximum absolute atomic E-state index is 12.8. The van der Waals surface area contributed by atoms with Gasteiger partial charge < -0.3 is 24.3 Å². The molecule has 282 valence electrons. The van der Waals surface area contributed by atoms with Crippen molar-refractivity contribution < 1.29 is 38.1 Å². The molecule has 0 spiro atoms. The Morgan fingerprint density at radius 2 is 1.06 bits per heavy atom. The highest BCUT2D eigenvalue weighted by molar-refractivity contribution is 6.11. The van der Waals surface area contributed by atoms with Gasteiger partial charge in [0.1, 0.15) is 22.8 Å². The second-order valence-electron chi connectivity index (χ2n) is 13.1. The molecule has 0 aliphatic carbocycles. The summed E-state index contributed by atoms with van der Waals surface area (Å²) in [5.41, 5.74) is 1.12. The second kappa shape index (κ2) is 24.5. The normalized spacial score (nSPS) is 10.8. The van der Waals surface area contributed by atoms with E-state index >= 15 is 0 Å². The van der Waals surface area contributed by atoms with Gasteiger partial charge in [-0.15, -0.1) is 0 Å². The highest BCUT2D eigenvalue weighted by Crippen LogP contribution is 2.29. The fourth-order valence-electron chi connectivity index (χ4n) is 5.90.